The number of aromatic nitrogens is 4. The monoisotopic (exact) mass is 401 g/mol. The largest absolute Gasteiger partial charge is 0.497 e. The topological polar surface area (TPSA) is 109 Å². The number of methoxy groups -OCH3 is 2. The number of carbonyl (C=O) groups excluding carboxylic acids is 1. The third-order valence-corrected chi connectivity index (χ3v) is 4.81. The molecule has 29 heavy (non-hydrogen) atoms. The molecule has 0 fully saturated rings. The summed E-state index contributed by atoms with van der Waals surface area (Å²) in [6.07, 6.45) is 1.38. The first-order chi connectivity index (χ1) is 13.8. The lowest BCUT2D eigenvalue weighted by molar-refractivity contribution is -0.122. The van der Waals surface area contributed by atoms with Crippen molar-refractivity contribution in [2.45, 2.75) is 19.5 Å². The zero-order valence-electron chi connectivity index (χ0n) is 16.9. The maximum absolute atomic E-state index is 12.6. The molecule has 0 aliphatic rings. The summed E-state index contributed by atoms with van der Waals surface area (Å²) in [4.78, 5) is 41.3. The minimum atomic E-state index is -0.504. The van der Waals surface area contributed by atoms with Gasteiger partial charge < -0.3 is 19.4 Å². The van der Waals surface area contributed by atoms with E-state index in [0.29, 0.717) is 11.5 Å². The van der Waals surface area contributed by atoms with Crippen molar-refractivity contribution in [2.75, 3.05) is 14.2 Å². The number of ether oxygens (including phenoxy) is 2. The fourth-order valence-electron chi connectivity index (χ4n) is 3.21. The van der Waals surface area contributed by atoms with Gasteiger partial charge in [0, 0.05) is 19.7 Å². The summed E-state index contributed by atoms with van der Waals surface area (Å²) < 4.78 is 14.3. The van der Waals surface area contributed by atoms with Crippen LogP contribution in [0.15, 0.2) is 34.1 Å². The number of nitrogens with zero attached hydrogens (tertiary/aromatic N) is 4. The molecular weight excluding hydrogens is 378 g/mol. The van der Waals surface area contributed by atoms with Crippen molar-refractivity contribution in [3.8, 4) is 11.5 Å². The molecule has 0 aliphatic heterocycles. The fourth-order valence-corrected chi connectivity index (χ4v) is 3.21. The summed E-state index contributed by atoms with van der Waals surface area (Å²) in [5, 5.41) is 2.88. The van der Waals surface area contributed by atoms with Gasteiger partial charge in [0.1, 0.15) is 18.0 Å². The molecule has 1 aromatic carbocycles. The molecular formula is C19H23N5O5. The molecule has 0 saturated carbocycles. The fraction of sp³-hybridized carbons (Fsp3) is 0.368. The number of benzene rings is 1. The van der Waals surface area contributed by atoms with Crippen molar-refractivity contribution in [3.63, 3.8) is 0 Å². The van der Waals surface area contributed by atoms with Crippen LogP contribution in [-0.2, 0) is 25.4 Å². The molecule has 1 unspecified atom stereocenters. The van der Waals surface area contributed by atoms with Gasteiger partial charge in [0.05, 0.1) is 26.6 Å². The average Bonchev–Trinajstić information content (AvgIpc) is 3.13. The van der Waals surface area contributed by atoms with Crippen LogP contribution in [0.1, 0.15) is 18.5 Å². The predicted octanol–water partition coefficient (Wildman–Crippen LogP) is 0.328. The molecule has 1 atom stereocenters. The second kappa shape index (κ2) is 7.82. The van der Waals surface area contributed by atoms with Crippen LogP contribution in [-0.4, -0.2) is 38.8 Å². The SMILES string of the molecule is COc1ccc(OC)c(C(C)NC(=O)Cn2cnc3c2c(=O)n(C)c(=O)n3C)c1. The van der Waals surface area contributed by atoms with Crippen LogP contribution in [0.25, 0.3) is 11.2 Å². The van der Waals surface area contributed by atoms with Gasteiger partial charge in [-0.05, 0) is 25.1 Å². The lowest BCUT2D eigenvalue weighted by Gasteiger charge is -2.18. The molecule has 2 heterocycles. The van der Waals surface area contributed by atoms with Crippen molar-refractivity contribution in [1.29, 1.82) is 0 Å². The normalized spacial score (nSPS) is 12.0. The zero-order valence-corrected chi connectivity index (χ0v) is 16.9. The van der Waals surface area contributed by atoms with Gasteiger partial charge in [0.15, 0.2) is 11.2 Å². The van der Waals surface area contributed by atoms with Crippen LogP contribution >= 0.6 is 0 Å². The first-order valence-electron chi connectivity index (χ1n) is 8.90. The molecule has 0 aliphatic carbocycles. The summed E-state index contributed by atoms with van der Waals surface area (Å²) in [5.74, 6) is 0.944. The Morgan fingerprint density at radius 1 is 1.17 bits per heavy atom. The predicted molar refractivity (Wildman–Crippen MR) is 106 cm³/mol. The highest BCUT2D eigenvalue weighted by atomic mass is 16.5. The zero-order chi connectivity index (χ0) is 21.3. The summed E-state index contributed by atoms with van der Waals surface area (Å²) in [6.45, 7) is 1.70. The molecule has 1 amide bonds. The number of nitrogens with one attached hydrogen (secondary N) is 1. The summed E-state index contributed by atoms with van der Waals surface area (Å²) >= 11 is 0. The molecule has 3 aromatic rings. The lowest BCUT2D eigenvalue weighted by atomic mass is 10.1. The van der Waals surface area contributed by atoms with Gasteiger partial charge in [-0.3, -0.25) is 18.7 Å². The number of hydrogen-bond donors (Lipinski definition) is 1. The molecule has 154 valence electrons. The van der Waals surface area contributed by atoms with E-state index in [-0.39, 0.29) is 29.7 Å². The lowest BCUT2D eigenvalue weighted by Crippen LogP contribution is -2.38. The van der Waals surface area contributed by atoms with Gasteiger partial charge in [-0.25, -0.2) is 9.78 Å². The van der Waals surface area contributed by atoms with Crippen LogP contribution in [0.3, 0.4) is 0 Å². The van der Waals surface area contributed by atoms with E-state index >= 15 is 0 Å². The average molecular weight is 401 g/mol. The first kappa shape index (κ1) is 20.2. The maximum Gasteiger partial charge on any atom is 0.332 e. The molecule has 0 spiro atoms. The second-order valence-corrected chi connectivity index (χ2v) is 6.65. The number of carbonyl (C=O) groups is 1. The Bertz CT molecular complexity index is 1190. The third-order valence-electron chi connectivity index (χ3n) is 4.81. The van der Waals surface area contributed by atoms with Crippen molar-refractivity contribution >= 4 is 17.1 Å². The molecule has 0 radical (unpaired) electrons. The second-order valence-electron chi connectivity index (χ2n) is 6.65. The minimum absolute atomic E-state index is 0.124. The summed E-state index contributed by atoms with van der Waals surface area (Å²) in [7, 11) is 6.03. The van der Waals surface area contributed by atoms with E-state index in [9.17, 15) is 14.4 Å². The van der Waals surface area contributed by atoms with E-state index in [1.54, 1.807) is 32.4 Å². The van der Waals surface area contributed by atoms with Gasteiger partial charge in [-0.2, -0.15) is 0 Å². The minimum Gasteiger partial charge on any atom is -0.497 e. The number of imidazole rings is 1. The van der Waals surface area contributed by atoms with E-state index in [2.05, 4.69) is 10.3 Å². The van der Waals surface area contributed by atoms with Gasteiger partial charge >= 0.3 is 5.69 Å². The molecule has 10 heteroatoms. The smallest absolute Gasteiger partial charge is 0.332 e. The Balaban J connectivity index is 1.87. The van der Waals surface area contributed by atoms with Crippen LogP contribution in [0.4, 0.5) is 0 Å². The highest BCUT2D eigenvalue weighted by Crippen LogP contribution is 2.29. The van der Waals surface area contributed by atoms with E-state index in [1.807, 2.05) is 6.92 Å². The van der Waals surface area contributed by atoms with Crippen molar-refractivity contribution in [3.05, 3.63) is 50.9 Å². The maximum atomic E-state index is 12.6. The van der Waals surface area contributed by atoms with Crippen LogP contribution < -0.4 is 26.0 Å². The van der Waals surface area contributed by atoms with E-state index in [1.165, 1.54) is 29.6 Å². The van der Waals surface area contributed by atoms with E-state index in [0.717, 1.165) is 10.1 Å². The van der Waals surface area contributed by atoms with E-state index in [4.69, 9.17) is 9.47 Å². The third kappa shape index (κ3) is 3.60. The molecule has 0 saturated heterocycles. The van der Waals surface area contributed by atoms with Crippen molar-refractivity contribution < 1.29 is 14.3 Å². The Morgan fingerprint density at radius 3 is 2.55 bits per heavy atom. The molecule has 2 aromatic heterocycles. The quantitative estimate of drug-likeness (QED) is 0.637. The Labute approximate surface area is 166 Å². The van der Waals surface area contributed by atoms with Gasteiger partial charge in [0.25, 0.3) is 5.56 Å². The number of fused-ring (bicyclic) bond motifs is 1. The summed E-state index contributed by atoms with van der Waals surface area (Å²) in [5.41, 5.74) is 0.200. The standard InChI is InChI=1S/C19H23N5O5/c1-11(13-8-12(28-4)6-7-14(13)29-5)21-15(25)9-24-10-20-17-16(24)18(26)23(3)19(27)22(17)2/h6-8,10-11H,9H2,1-5H3,(H,21,25). The van der Waals surface area contributed by atoms with E-state index < -0.39 is 11.2 Å². The molecule has 3 rings (SSSR count). The van der Waals surface area contributed by atoms with Gasteiger partial charge in [-0.15, -0.1) is 0 Å². The number of aryl methyl sites for hydroxylation is 1. The number of rotatable bonds is 6. The van der Waals surface area contributed by atoms with Gasteiger partial charge in [0.2, 0.25) is 5.91 Å². The summed E-state index contributed by atoms with van der Waals surface area (Å²) in [6, 6.07) is 4.97. The highest BCUT2D eigenvalue weighted by Gasteiger charge is 2.18. The molecule has 0 bridgehead atoms. The molecule has 1 N–H and O–H groups in total. The van der Waals surface area contributed by atoms with Crippen LogP contribution in [0.2, 0.25) is 0 Å². The first-order valence-corrected chi connectivity index (χ1v) is 8.90. The van der Waals surface area contributed by atoms with Crippen LogP contribution in [0.5, 0.6) is 11.5 Å². The Hall–Kier alpha value is -3.56. The van der Waals surface area contributed by atoms with Gasteiger partial charge in [-0.1, -0.05) is 0 Å². The number of amides is 1. The molecule has 10 nitrogen and oxygen atoms in total. The van der Waals surface area contributed by atoms with Crippen LogP contribution in [0, 0.1) is 0 Å². The van der Waals surface area contributed by atoms with Crippen molar-refractivity contribution in [1.82, 2.24) is 24.0 Å². The highest BCUT2D eigenvalue weighted by molar-refractivity contribution is 5.79. The van der Waals surface area contributed by atoms with Crippen molar-refractivity contribution in [2.24, 2.45) is 14.1 Å². The Morgan fingerprint density at radius 2 is 1.90 bits per heavy atom. The number of hydrogen-bond acceptors (Lipinski definition) is 6. The Kier molecular flexibility index (Phi) is 5.44.